The van der Waals surface area contributed by atoms with Crippen LogP contribution in [-0.2, 0) is 0 Å². The molecule has 2 aromatic carbocycles. The van der Waals surface area contributed by atoms with Gasteiger partial charge in [-0.2, -0.15) is 5.26 Å². The van der Waals surface area contributed by atoms with E-state index in [9.17, 15) is 10.1 Å². The Morgan fingerprint density at radius 3 is 2.08 bits per heavy atom. The van der Waals surface area contributed by atoms with Crippen LogP contribution in [-0.4, -0.2) is 12.6 Å². The zero-order chi connectivity index (χ0) is 26.3. The third-order valence-corrected chi connectivity index (χ3v) is 7.86. The number of rotatable bonds is 15. The number of hydrogen-bond acceptors (Lipinski definition) is 4. The summed E-state index contributed by atoms with van der Waals surface area (Å²) in [7, 11) is 0. The van der Waals surface area contributed by atoms with Crippen molar-refractivity contribution in [2.45, 2.75) is 110 Å². The lowest BCUT2D eigenvalue weighted by Crippen LogP contribution is -2.25. The second-order valence-corrected chi connectivity index (χ2v) is 10.7. The topological polar surface area (TPSA) is 59.3 Å². The molecule has 0 unspecified atom stereocenters. The minimum atomic E-state index is -0.362. The molecule has 0 saturated heterocycles. The fraction of sp³-hybridized carbons (Fsp3) is 0.576. The molecule has 200 valence electrons. The Bertz CT molecular complexity index is 966. The van der Waals surface area contributed by atoms with Gasteiger partial charge >= 0.3 is 5.97 Å². The van der Waals surface area contributed by atoms with Gasteiger partial charge in [0.1, 0.15) is 11.5 Å². The van der Waals surface area contributed by atoms with Gasteiger partial charge in [-0.15, -0.1) is 0 Å². The number of hydrogen-bond donors (Lipinski definition) is 0. The second kappa shape index (κ2) is 15.5. The van der Waals surface area contributed by atoms with Crippen LogP contribution < -0.4 is 9.47 Å². The molecule has 0 amide bonds. The van der Waals surface area contributed by atoms with Gasteiger partial charge < -0.3 is 9.47 Å². The normalized spacial score (nSPS) is 19.2. The lowest BCUT2D eigenvalue weighted by molar-refractivity contribution is 0.0734. The van der Waals surface area contributed by atoms with Crippen LogP contribution in [0, 0.1) is 16.7 Å². The van der Waals surface area contributed by atoms with Crippen LogP contribution in [0.1, 0.15) is 126 Å². The molecular weight excluding hydrogens is 458 g/mol. The molecule has 2 aromatic rings. The van der Waals surface area contributed by atoms with Crippen molar-refractivity contribution in [3.63, 3.8) is 0 Å². The summed E-state index contributed by atoms with van der Waals surface area (Å²) in [4.78, 5) is 12.6. The van der Waals surface area contributed by atoms with Gasteiger partial charge in [0, 0.05) is 0 Å². The van der Waals surface area contributed by atoms with Gasteiger partial charge in [-0.25, -0.2) is 4.79 Å². The number of carbonyl (C=O) groups is 1. The van der Waals surface area contributed by atoms with Gasteiger partial charge in [0.25, 0.3) is 0 Å². The van der Waals surface area contributed by atoms with Crippen molar-refractivity contribution >= 4 is 5.97 Å². The molecule has 1 aliphatic carbocycles. The van der Waals surface area contributed by atoms with E-state index in [4.69, 9.17) is 9.47 Å². The maximum atomic E-state index is 12.6. The monoisotopic (exact) mass is 503 g/mol. The first-order valence-electron chi connectivity index (χ1n) is 14.6. The summed E-state index contributed by atoms with van der Waals surface area (Å²) >= 11 is 0. The molecule has 0 radical (unpaired) electrons. The molecule has 0 aliphatic heterocycles. The zero-order valence-corrected chi connectivity index (χ0v) is 23.0. The number of esters is 1. The third kappa shape index (κ3) is 9.22. The minimum Gasteiger partial charge on any atom is -0.494 e. The first kappa shape index (κ1) is 28.8. The summed E-state index contributed by atoms with van der Waals surface area (Å²) in [5.41, 5.74) is 1.65. The van der Waals surface area contributed by atoms with Crippen LogP contribution in [0.25, 0.3) is 0 Å². The standard InChI is InChI=1S/C33H45NO3/c1-3-5-7-8-9-11-25-36-30-16-14-29(15-17-30)32(35)37-31-18-12-27(13-19-31)28-20-23-33(26-34,24-21-28)22-10-6-4-2/h12-19,28H,3-11,20-25H2,1-2H3. The predicted molar refractivity (Wildman–Crippen MR) is 150 cm³/mol. The molecule has 1 fully saturated rings. The molecule has 4 nitrogen and oxygen atoms in total. The fourth-order valence-electron chi connectivity index (χ4n) is 5.37. The number of ether oxygens (including phenoxy) is 2. The number of benzene rings is 2. The molecule has 0 N–H and O–H groups in total. The molecule has 0 atom stereocenters. The molecule has 0 heterocycles. The van der Waals surface area contributed by atoms with Crippen molar-refractivity contribution in [1.82, 2.24) is 0 Å². The van der Waals surface area contributed by atoms with Crippen molar-refractivity contribution in [1.29, 1.82) is 5.26 Å². The molecule has 1 saturated carbocycles. The zero-order valence-electron chi connectivity index (χ0n) is 23.0. The lowest BCUT2D eigenvalue weighted by Gasteiger charge is -2.35. The first-order chi connectivity index (χ1) is 18.1. The van der Waals surface area contributed by atoms with Gasteiger partial charge in [-0.3, -0.25) is 0 Å². The second-order valence-electron chi connectivity index (χ2n) is 10.7. The molecule has 1 aliphatic rings. The molecule has 37 heavy (non-hydrogen) atoms. The van der Waals surface area contributed by atoms with E-state index in [2.05, 4.69) is 32.0 Å². The Hall–Kier alpha value is -2.80. The third-order valence-electron chi connectivity index (χ3n) is 7.86. The van der Waals surface area contributed by atoms with Gasteiger partial charge in [-0.1, -0.05) is 77.3 Å². The quantitative estimate of drug-likeness (QED) is 0.138. The van der Waals surface area contributed by atoms with E-state index >= 15 is 0 Å². The maximum absolute atomic E-state index is 12.6. The Morgan fingerprint density at radius 1 is 0.838 bits per heavy atom. The lowest BCUT2D eigenvalue weighted by atomic mass is 9.67. The number of nitrogens with zero attached hydrogens (tertiary/aromatic N) is 1. The number of unbranched alkanes of at least 4 members (excludes halogenated alkanes) is 7. The van der Waals surface area contributed by atoms with Crippen LogP contribution in [0.3, 0.4) is 0 Å². The van der Waals surface area contributed by atoms with E-state index in [0.29, 0.717) is 23.8 Å². The van der Waals surface area contributed by atoms with E-state index in [1.807, 2.05) is 24.3 Å². The summed E-state index contributed by atoms with van der Waals surface area (Å²) in [5, 5.41) is 9.80. The van der Waals surface area contributed by atoms with E-state index < -0.39 is 0 Å². The summed E-state index contributed by atoms with van der Waals surface area (Å²) in [6.07, 6.45) is 16.1. The number of carbonyl (C=O) groups excluding carboxylic acids is 1. The summed E-state index contributed by atoms with van der Waals surface area (Å²) < 4.78 is 11.4. The van der Waals surface area contributed by atoms with Gasteiger partial charge in [0.05, 0.1) is 23.7 Å². The van der Waals surface area contributed by atoms with Crippen LogP contribution >= 0.6 is 0 Å². The van der Waals surface area contributed by atoms with E-state index in [1.54, 1.807) is 12.1 Å². The smallest absolute Gasteiger partial charge is 0.343 e. The van der Waals surface area contributed by atoms with Crippen LogP contribution in [0.5, 0.6) is 11.5 Å². The van der Waals surface area contributed by atoms with Crippen molar-refractivity contribution in [2.75, 3.05) is 6.61 Å². The Balaban J connectivity index is 1.42. The number of nitriles is 1. The molecule has 4 heteroatoms. The Kier molecular flexibility index (Phi) is 12.0. The molecule has 0 bridgehead atoms. The fourth-order valence-corrected chi connectivity index (χ4v) is 5.37. The highest BCUT2D eigenvalue weighted by Crippen LogP contribution is 2.45. The van der Waals surface area contributed by atoms with Gasteiger partial charge in [-0.05, 0) is 86.4 Å². The summed E-state index contributed by atoms with van der Waals surface area (Å²) in [6, 6.07) is 17.8. The van der Waals surface area contributed by atoms with Crippen molar-refractivity contribution in [3.8, 4) is 17.6 Å². The Labute approximate surface area is 224 Å². The molecule has 0 spiro atoms. The van der Waals surface area contributed by atoms with Crippen molar-refractivity contribution in [3.05, 3.63) is 59.7 Å². The van der Waals surface area contributed by atoms with Crippen molar-refractivity contribution in [2.24, 2.45) is 5.41 Å². The SMILES string of the molecule is CCCCCCCCOc1ccc(C(=O)Oc2ccc(C3CCC(C#N)(CCCCC)CC3)cc2)cc1. The van der Waals surface area contributed by atoms with Gasteiger partial charge in [0.2, 0.25) is 0 Å². The maximum Gasteiger partial charge on any atom is 0.343 e. The van der Waals surface area contributed by atoms with E-state index in [0.717, 1.165) is 50.7 Å². The highest BCUT2D eigenvalue weighted by Gasteiger charge is 2.35. The largest absolute Gasteiger partial charge is 0.494 e. The first-order valence-corrected chi connectivity index (χ1v) is 14.6. The highest BCUT2D eigenvalue weighted by atomic mass is 16.5. The van der Waals surface area contributed by atoms with E-state index in [-0.39, 0.29) is 11.4 Å². The molecule has 3 rings (SSSR count). The van der Waals surface area contributed by atoms with E-state index in [1.165, 1.54) is 50.5 Å². The Morgan fingerprint density at radius 2 is 1.43 bits per heavy atom. The highest BCUT2D eigenvalue weighted by molar-refractivity contribution is 5.91. The average molecular weight is 504 g/mol. The molecule has 0 aromatic heterocycles. The van der Waals surface area contributed by atoms with Gasteiger partial charge in [0.15, 0.2) is 0 Å². The predicted octanol–water partition coefficient (Wildman–Crippen LogP) is 9.39. The van der Waals surface area contributed by atoms with Crippen molar-refractivity contribution < 1.29 is 14.3 Å². The minimum absolute atomic E-state index is 0.129. The summed E-state index contributed by atoms with van der Waals surface area (Å²) in [6.45, 7) is 5.15. The van der Waals surface area contributed by atoms with Crippen LogP contribution in [0.4, 0.5) is 0 Å². The van der Waals surface area contributed by atoms with Crippen LogP contribution in [0.2, 0.25) is 0 Å². The molecular formula is C33H45NO3. The average Bonchev–Trinajstić information content (AvgIpc) is 2.94. The summed E-state index contributed by atoms with van der Waals surface area (Å²) in [5.74, 6) is 1.45. The van der Waals surface area contributed by atoms with Crippen LogP contribution in [0.15, 0.2) is 48.5 Å².